The third-order valence-electron chi connectivity index (χ3n) is 5.12. The summed E-state index contributed by atoms with van der Waals surface area (Å²) in [5.41, 5.74) is 1.08. The number of halogens is 5. The van der Waals surface area contributed by atoms with Crippen molar-refractivity contribution in [1.82, 2.24) is 4.90 Å². The number of anilines is 1. The number of nitrogens with zero attached hydrogens (tertiary/aromatic N) is 2. The van der Waals surface area contributed by atoms with Crippen molar-refractivity contribution >= 4 is 17.7 Å². The highest BCUT2D eigenvalue weighted by molar-refractivity contribution is 5.92. The lowest BCUT2D eigenvalue weighted by atomic mass is 10.0. The molecule has 1 aliphatic rings. The maximum absolute atomic E-state index is 14.0. The van der Waals surface area contributed by atoms with Crippen LogP contribution in [-0.2, 0) is 4.79 Å². The highest BCUT2D eigenvalue weighted by Gasteiger charge is 2.31. The minimum absolute atomic E-state index is 0.0545. The van der Waals surface area contributed by atoms with Crippen LogP contribution in [-0.4, -0.2) is 37.0 Å². The molecule has 0 atom stereocenters. The van der Waals surface area contributed by atoms with Gasteiger partial charge in [-0.05, 0) is 23.1 Å². The molecule has 3 rings (SSSR count). The highest BCUT2D eigenvalue weighted by Crippen LogP contribution is 2.30. The Morgan fingerprint density at radius 1 is 0.833 bits per heavy atom. The Morgan fingerprint density at radius 3 is 1.83 bits per heavy atom. The van der Waals surface area contributed by atoms with Crippen LogP contribution in [0.5, 0.6) is 0 Å². The normalized spacial score (nSPS) is 14.8. The van der Waals surface area contributed by atoms with Crippen molar-refractivity contribution in [3.63, 3.8) is 0 Å². The first kappa shape index (κ1) is 21.8. The Labute approximate surface area is 171 Å². The number of hydrogen-bond donors (Lipinski definition) is 0. The summed E-state index contributed by atoms with van der Waals surface area (Å²) in [6.07, 6.45) is 3.07. The number of benzene rings is 2. The van der Waals surface area contributed by atoms with Crippen molar-refractivity contribution in [2.24, 2.45) is 0 Å². The lowest BCUT2D eigenvalue weighted by Crippen LogP contribution is -2.49. The molecule has 2 aromatic carbocycles. The fourth-order valence-electron chi connectivity index (χ4n) is 3.29. The monoisotopic (exact) mass is 424 g/mol. The van der Waals surface area contributed by atoms with Crippen molar-refractivity contribution < 1.29 is 26.7 Å². The molecule has 1 fully saturated rings. The number of piperazine rings is 1. The molecule has 1 amide bonds. The molecule has 0 spiro atoms. The van der Waals surface area contributed by atoms with Crippen LogP contribution >= 0.6 is 0 Å². The Kier molecular flexibility index (Phi) is 6.43. The van der Waals surface area contributed by atoms with Crippen LogP contribution in [0.25, 0.3) is 6.08 Å². The molecule has 0 saturated carbocycles. The second-order valence-corrected chi connectivity index (χ2v) is 7.39. The van der Waals surface area contributed by atoms with Gasteiger partial charge in [0.15, 0.2) is 23.3 Å². The Hall–Kier alpha value is -2.90. The van der Waals surface area contributed by atoms with Gasteiger partial charge >= 0.3 is 0 Å². The summed E-state index contributed by atoms with van der Waals surface area (Å²) in [6, 6.07) is 7.77. The summed E-state index contributed by atoms with van der Waals surface area (Å²) in [5, 5.41) is 0. The molecule has 30 heavy (non-hydrogen) atoms. The largest absolute Gasteiger partial charge is 0.363 e. The molecule has 1 heterocycles. The summed E-state index contributed by atoms with van der Waals surface area (Å²) in [5.74, 6) is -9.76. The molecule has 2 aromatic rings. The smallest absolute Gasteiger partial charge is 0.246 e. The minimum Gasteiger partial charge on any atom is -0.363 e. The summed E-state index contributed by atoms with van der Waals surface area (Å²) in [7, 11) is 0. The molecule has 0 unspecified atom stereocenters. The number of rotatable bonds is 4. The van der Waals surface area contributed by atoms with Crippen molar-refractivity contribution in [3.8, 4) is 0 Å². The Morgan fingerprint density at radius 2 is 1.33 bits per heavy atom. The quantitative estimate of drug-likeness (QED) is 0.303. The van der Waals surface area contributed by atoms with Gasteiger partial charge in [-0.3, -0.25) is 4.79 Å². The average molecular weight is 424 g/mol. The van der Waals surface area contributed by atoms with Gasteiger partial charge in [0.2, 0.25) is 11.7 Å². The maximum atomic E-state index is 14.0. The van der Waals surface area contributed by atoms with E-state index in [2.05, 4.69) is 13.8 Å². The van der Waals surface area contributed by atoms with Crippen LogP contribution in [0.1, 0.15) is 30.9 Å². The molecular weight excluding hydrogens is 403 g/mol. The van der Waals surface area contributed by atoms with Crippen molar-refractivity contribution in [2.75, 3.05) is 31.1 Å². The van der Waals surface area contributed by atoms with Gasteiger partial charge in [-0.25, -0.2) is 22.0 Å². The van der Waals surface area contributed by atoms with Gasteiger partial charge < -0.3 is 9.80 Å². The van der Waals surface area contributed by atoms with Crippen molar-refractivity contribution in [3.05, 3.63) is 70.6 Å². The lowest BCUT2D eigenvalue weighted by Gasteiger charge is -2.36. The van der Waals surface area contributed by atoms with E-state index in [0.29, 0.717) is 5.92 Å². The van der Waals surface area contributed by atoms with E-state index in [4.69, 9.17) is 0 Å². The molecule has 0 bridgehead atoms. The fraction of sp³-hybridized carbons (Fsp3) is 0.318. The van der Waals surface area contributed by atoms with Crippen LogP contribution in [0.15, 0.2) is 30.3 Å². The third kappa shape index (κ3) is 4.32. The van der Waals surface area contributed by atoms with Gasteiger partial charge in [0.1, 0.15) is 5.69 Å². The second-order valence-electron chi connectivity index (χ2n) is 7.39. The summed E-state index contributed by atoms with van der Waals surface area (Å²) >= 11 is 0. The first-order valence-electron chi connectivity index (χ1n) is 9.54. The molecule has 160 valence electrons. The fourth-order valence-corrected chi connectivity index (χ4v) is 3.29. The van der Waals surface area contributed by atoms with Gasteiger partial charge in [-0.1, -0.05) is 38.1 Å². The van der Waals surface area contributed by atoms with E-state index in [1.807, 2.05) is 24.3 Å². The number of carbonyl (C=O) groups excluding carboxylic acids is 1. The molecule has 0 N–H and O–H groups in total. The lowest BCUT2D eigenvalue weighted by molar-refractivity contribution is -0.126. The minimum atomic E-state index is -2.19. The molecule has 0 aromatic heterocycles. The van der Waals surface area contributed by atoms with Crippen molar-refractivity contribution in [1.29, 1.82) is 0 Å². The average Bonchev–Trinajstić information content (AvgIpc) is 2.75. The van der Waals surface area contributed by atoms with Gasteiger partial charge in [-0.15, -0.1) is 0 Å². The molecule has 0 radical (unpaired) electrons. The highest BCUT2D eigenvalue weighted by atomic mass is 19.2. The number of carbonyl (C=O) groups is 1. The zero-order valence-electron chi connectivity index (χ0n) is 16.6. The first-order valence-corrected chi connectivity index (χ1v) is 9.54. The van der Waals surface area contributed by atoms with E-state index >= 15 is 0 Å². The standard InChI is InChI=1S/C22H21F5N2O/c1-13(2)15-6-3-14(4-7-15)5-8-16(30)28-9-11-29(12-10-28)22-20(26)18(24)17(23)19(25)21(22)27/h3-8,13H,9-12H2,1-2H3/b8-5+. The van der Waals surface area contributed by atoms with Crippen LogP contribution in [0.2, 0.25) is 0 Å². The molecule has 0 aliphatic carbocycles. The molecular formula is C22H21F5N2O. The number of hydrogen-bond acceptors (Lipinski definition) is 2. The maximum Gasteiger partial charge on any atom is 0.246 e. The zero-order chi connectivity index (χ0) is 22.0. The SMILES string of the molecule is CC(C)c1ccc(/C=C/C(=O)N2CCN(c3c(F)c(F)c(F)c(F)c3F)CC2)cc1. The molecule has 8 heteroatoms. The Bertz CT molecular complexity index is 935. The number of amides is 1. The van der Waals surface area contributed by atoms with Crippen molar-refractivity contribution in [2.45, 2.75) is 19.8 Å². The van der Waals surface area contributed by atoms with Gasteiger partial charge in [0.05, 0.1) is 0 Å². The molecule has 1 saturated heterocycles. The topological polar surface area (TPSA) is 23.6 Å². The van der Waals surface area contributed by atoms with Crippen LogP contribution < -0.4 is 4.90 Å². The first-order chi connectivity index (χ1) is 14.2. The van der Waals surface area contributed by atoms with E-state index in [1.54, 1.807) is 6.08 Å². The van der Waals surface area contributed by atoms with Gasteiger partial charge in [0, 0.05) is 32.3 Å². The summed E-state index contributed by atoms with van der Waals surface area (Å²) in [4.78, 5) is 14.9. The molecule has 1 aliphatic heterocycles. The van der Waals surface area contributed by atoms with E-state index in [0.717, 1.165) is 10.5 Å². The Balaban J connectivity index is 1.65. The third-order valence-corrected chi connectivity index (χ3v) is 5.12. The van der Waals surface area contributed by atoms with E-state index in [9.17, 15) is 26.7 Å². The van der Waals surface area contributed by atoms with E-state index < -0.39 is 34.8 Å². The molecule has 3 nitrogen and oxygen atoms in total. The second kappa shape index (κ2) is 8.85. The van der Waals surface area contributed by atoms with Gasteiger partial charge in [0.25, 0.3) is 0 Å². The summed E-state index contributed by atoms with van der Waals surface area (Å²) < 4.78 is 68.0. The van der Waals surface area contributed by atoms with E-state index in [-0.39, 0.29) is 32.1 Å². The van der Waals surface area contributed by atoms with Crippen LogP contribution in [0.3, 0.4) is 0 Å². The zero-order valence-corrected chi connectivity index (χ0v) is 16.6. The van der Waals surface area contributed by atoms with Crippen LogP contribution in [0, 0.1) is 29.1 Å². The van der Waals surface area contributed by atoms with Gasteiger partial charge in [-0.2, -0.15) is 0 Å². The predicted octanol–water partition coefficient (Wildman–Crippen LogP) is 4.87. The predicted molar refractivity (Wildman–Crippen MR) is 105 cm³/mol. The van der Waals surface area contributed by atoms with Crippen LogP contribution in [0.4, 0.5) is 27.6 Å². The summed E-state index contributed by atoms with van der Waals surface area (Å²) in [6.45, 7) is 4.24. The van der Waals surface area contributed by atoms with E-state index in [1.165, 1.54) is 16.5 Å².